The topological polar surface area (TPSA) is 18.5 Å². The molecule has 1 saturated carbocycles. The van der Waals surface area contributed by atoms with Gasteiger partial charge in [0.25, 0.3) is 0 Å². The molecule has 0 aromatic heterocycles. The first-order chi connectivity index (χ1) is 6.35. The Balaban J connectivity index is 1.81. The summed E-state index contributed by atoms with van der Waals surface area (Å²) in [6.45, 7) is 3.88. The molecule has 1 aliphatic heterocycles. The van der Waals surface area contributed by atoms with Crippen molar-refractivity contribution < 1.29 is 9.47 Å². The molecular formula is C11H20O2. The van der Waals surface area contributed by atoms with Crippen LogP contribution in [-0.4, -0.2) is 19.0 Å². The fourth-order valence-corrected chi connectivity index (χ4v) is 2.60. The standard InChI is InChI=1S/C11H20O2/c1-2-3-10-4-6-11(7-5-10)12-8-9-13-11/h10H,2-9H2,1H3. The van der Waals surface area contributed by atoms with Gasteiger partial charge < -0.3 is 9.47 Å². The zero-order valence-electron chi connectivity index (χ0n) is 8.55. The Hall–Kier alpha value is -0.0800. The fraction of sp³-hybridized carbons (Fsp3) is 1.00. The predicted octanol–water partition coefficient (Wildman–Crippen LogP) is 2.72. The molecule has 0 amide bonds. The molecule has 2 heteroatoms. The molecule has 1 saturated heterocycles. The third-order valence-corrected chi connectivity index (χ3v) is 3.38. The smallest absolute Gasteiger partial charge is 0.168 e. The Morgan fingerprint density at radius 2 is 1.77 bits per heavy atom. The lowest BCUT2D eigenvalue weighted by molar-refractivity contribution is -0.182. The molecule has 0 bridgehead atoms. The van der Waals surface area contributed by atoms with Crippen LogP contribution in [0.4, 0.5) is 0 Å². The van der Waals surface area contributed by atoms with Gasteiger partial charge in [-0.1, -0.05) is 19.8 Å². The van der Waals surface area contributed by atoms with Crippen LogP contribution in [0, 0.1) is 5.92 Å². The number of hydrogen-bond donors (Lipinski definition) is 0. The van der Waals surface area contributed by atoms with Gasteiger partial charge in [-0.05, 0) is 18.8 Å². The molecule has 0 N–H and O–H groups in total. The SMILES string of the molecule is CCCC1CCC2(CC1)OCCO2. The number of rotatable bonds is 2. The van der Waals surface area contributed by atoms with Crippen LogP contribution >= 0.6 is 0 Å². The fourth-order valence-electron chi connectivity index (χ4n) is 2.60. The van der Waals surface area contributed by atoms with Crippen molar-refractivity contribution in [2.45, 2.75) is 51.2 Å². The normalized spacial score (nSPS) is 28.4. The molecule has 0 radical (unpaired) electrons. The molecule has 0 aromatic carbocycles. The van der Waals surface area contributed by atoms with Crippen LogP contribution in [0.25, 0.3) is 0 Å². The molecule has 1 heterocycles. The first-order valence-electron chi connectivity index (χ1n) is 5.62. The van der Waals surface area contributed by atoms with Crippen LogP contribution in [0.3, 0.4) is 0 Å². The van der Waals surface area contributed by atoms with Crippen LogP contribution in [0.15, 0.2) is 0 Å². The van der Waals surface area contributed by atoms with Gasteiger partial charge in [-0.2, -0.15) is 0 Å². The summed E-state index contributed by atoms with van der Waals surface area (Å²) >= 11 is 0. The minimum absolute atomic E-state index is 0.149. The third kappa shape index (κ3) is 2.05. The highest BCUT2D eigenvalue weighted by molar-refractivity contribution is 4.82. The summed E-state index contributed by atoms with van der Waals surface area (Å²) in [6.07, 6.45) is 7.55. The first-order valence-corrected chi connectivity index (χ1v) is 5.62. The van der Waals surface area contributed by atoms with E-state index >= 15 is 0 Å². The average molecular weight is 184 g/mol. The van der Waals surface area contributed by atoms with E-state index in [0.29, 0.717) is 0 Å². The summed E-state index contributed by atoms with van der Waals surface area (Å²) < 4.78 is 11.4. The van der Waals surface area contributed by atoms with Gasteiger partial charge in [0.2, 0.25) is 0 Å². The molecule has 2 fully saturated rings. The quantitative estimate of drug-likeness (QED) is 0.657. The van der Waals surface area contributed by atoms with E-state index in [4.69, 9.17) is 9.47 Å². The van der Waals surface area contributed by atoms with E-state index in [-0.39, 0.29) is 5.79 Å². The minimum atomic E-state index is -0.149. The van der Waals surface area contributed by atoms with Crippen LogP contribution in [0.2, 0.25) is 0 Å². The Bertz CT molecular complexity index is 151. The van der Waals surface area contributed by atoms with Crippen molar-refractivity contribution in [2.75, 3.05) is 13.2 Å². The maximum Gasteiger partial charge on any atom is 0.168 e. The molecule has 0 atom stereocenters. The van der Waals surface area contributed by atoms with Gasteiger partial charge in [0.05, 0.1) is 13.2 Å². The second-order valence-corrected chi connectivity index (χ2v) is 4.34. The summed E-state index contributed by atoms with van der Waals surface area (Å²) in [7, 11) is 0. The lowest BCUT2D eigenvalue weighted by Crippen LogP contribution is -2.35. The van der Waals surface area contributed by atoms with Gasteiger partial charge in [-0.25, -0.2) is 0 Å². The minimum Gasteiger partial charge on any atom is -0.348 e. The van der Waals surface area contributed by atoms with Crippen molar-refractivity contribution >= 4 is 0 Å². The van der Waals surface area contributed by atoms with E-state index in [2.05, 4.69) is 6.92 Å². The van der Waals surface area contributed by atoms with Gasteiger partial charge in [0, 0.05) is 12.8 Å². The van der Waals surface area contributed by atoms with E-state index in [0.717, 1.165) is 32.0 Å². The van der Waals surface area contributed by atoms with E-state index < -0.39 is 0 Å². The Kier molecular flexibility index (Phi) is 2.89. The van der Waals surface area contributed by atoms with Crippen molar-refractivity contribution in [2.24, 2.45) is 5.92 Å². The van der Waals surface area contributed by atoms with E-state index in [1.165, 1.54) is 25.7 Å². The molecular weight excluding hydrogens is 164 g/mol. The molecule has 2 rings (SSSR count). The molecule has 2 nitrogen and oxygen atoms in total. The highest BCUT2D eigenvalue weighted by Gasteiger charge is 2.39. The van der Waals surface area contributed by atoms with Gasteiger partial charge in [0.1, 0.15) is 0 Å². The van der Waals surface area contributed by atoms with Crippen molar-refractivity contribution in [3.05, 3.63) is 0 Å². The Morgan fingerprint density at radius 1 is 1.15 bits per heavy atom. The van der Waals surface area contributed by atoms with Gasteiger partial charge in [0.15, 0.2) is 5.79 Å². The van der Waals surface area contributed by atoms with Gasteiger partial charge >= 0.3 is 0 Å². The zero-order valence-corrected chi connectivity index (χ0v) is 8.55. The highest BCUT2D eigenvalue weighted by Crippen LogP contribution is 2.39. The third-order valence-electron chi connectivity index (χ3n) is 3.38. The van der Waals surface area contributed by atoms with Crippen LogP contribution in [0.1, 0.15) is 45.4 Å². The van der Waals surface area contributed by atoms with E-state index in [1.54, 1.807) is 0 Å². The summed E-state index contributed by atoms with van der Waals surface area (Å²) in [5.41, 5.74) is 0. The molecule has 13 heavy (non-hydrogen) atoms. The monoisotopic (exact) mass is 184 g/mol. The summed E-state index contributed by atoms with van der Waals surface area (Å²) in [6, 6.07) is 0. The van der Waals surface area contributed by atoms with Crippen molar-refractivity contribution in [1.29, 1.82) is 0 Å². The van der Waals surface area contributed by atoms with E-state index in [1.807, 2.05) is 0 Å². The van der Waals surface area contributed by atoms with Crippen LogP contribution < -0.4 is 0 Å². The molecule has 1 aliphatic carbocycles. The molecule has 0 aromatic rings. The summed E-state index contributed by atoms with van der Waals surface area (Å²) in [5.74, 6) is 0.785. The maximum atomic E-state index is 5.69. The summed E-state index contributed by atoms with van der Waals surface area (Å²) in [5, 5.41) is 0. The molecule has 0 unspecified atom stereocenters. The molecule has 2 aliphatic rings. The molecule has 76 valence electrons. The lowest BCUT2D eigenvalue weighted by Gasteiger charge is -2.35. The Labute approximate surface area is 80.6 Å². The first kappa shape index (κ1) is 9.47. The van der Waals surface area contributed by atoms with Crippen LogP contribution in [-0.2, 0) is 9.47 Å². The largest absolute Gasteiger partial charge is 0.348 e. The highest BCUT2D eigenvalue weighted by atomic mass is 16.7. The lowest BCUT2D eigenvalue weighted by atomic mass is 9.83. The number of ether oxygens (including phenoxy) is 2. The van der Waals surface area contributed by atoms with Gasteiger partial charge in [-0.15, -0.1) is 0 Å². The maximum absolute atomic E-state index is 5.69. The molecule has 1 spiro atoms. The van der Waals surface area contributed by atoms with Crippen molar-refractivity contribution in [3.8, 4) is 0 Å². The predicted molar refractivity (Wildman–Crippen MR) is 51.5 cm³/mol. The van der Waals surface area contributed by atoms with Crippen molar-refractivity contribution in [3.63, 3.8) is 0 Å². The van der Waals surface area contributed by atoms with Crippen LogP contribution in [0.5, 0.6) is 0 Å². The second-order valence-electron chi connectivity index (χ2n) is 4.34. The summed E-state index contributed by atoms with van der Waals surface area (Å²) in [4.78, 5) is 0. The average Bonchev–Trinajstić information content (AvgIpc) is 2.59. The second kappa shape index (κ2) is 3.97. The number of hydrogen-bond acceptors (Lipinski definition) is 2. The zero-order chi connectivity index (χ0) is 9.15. The van der Waals surface area contributed by atoms with Gasteiger partial charge in [-0.3, -0.25) is 0 Å². The van der Waals surface area contributed by atoms with E-state index in [9.17, 15) is 0 Å². The Morgan fingerprint density at radius 3 is 2.31 bits per heavy atom. The van der Waals surface area contributed by atoms with Crippen molar-refractivity contribution in [1.82, 2.24) is 0 Å².